The Hall–Kier alpha value is -10.6. The van der Waals surface area contributed by atoms with Crippen LogP contribution in [-0.4, -0.2) is 35.2 Å². The van der Waals surface area contributed by atoms with Gasteiger partial charge in [0.15, 0.2) is 24.8 Å². The number of benzene rings is 6. The predicted octanol–water partition coefficient (Wildman–Crippen LogP) is 15.2. The molecule has 10 heteroatoms. The number of aromatic nitrogens is 6. The van der Waals surface area contributed by atoms with Crippen molar-refractivity contribution in [1.29, 1.82) is 0 Å². The molecule has 0 saturated heterocycles. The van der Waals surface area contributed by atoms with Crippen molar-refractivity contribution < 1.29 is 27.4 Å². The van der Waals surface area contributed by atoms with E-state index < -0.39 is 0 Å². The van der Waals surface area contributed by atoms with Gasteiger partial charge in [0, 0.05) is 133 Å². The Morgan fingerprint density at radius 2 is 0.723 bits per heavy atom. The molecule has 2 aliphatic heterocycles. The first-order valence-electron chi connectivity index (χ1n) is 32.8. The molecular formula is C84H92N10+6. The van der Waals surface area contributed by atoms with E-state index in [0.29, 0.717) is 18.4 Å². The molecule has 0 fully saturated rings. The highest BCUT2D eigenvalue weighted by atomic mass is 15.4. The smallest absolute Gasteiger partial charge is 0.277 e. The summed E-state index contributed by atoms with van der Waals surface area (Å²) in [6.45, 7) is 17.8. The van der Waals surface area contributed by atoms with Gasteiger partial charge in [0.1, 0.15) is 54.6 Å². The molecule has 94 heavy (non-hydrogen) atoms. The zero-order chi connectivity index (χ0) is 66.3. The van der Waals surface area contributed by atoms with E-state index in [1.807, 2.05) is 0 Å². The molecule has 2 aliphatic rings. The fourth-order valence-electron chi connectivity index (χ4n) is 13.4. The van der Waals surface area contributed by atoms with Crippen LogP contribution in [0, 0.1) is 27.7 Å². The van der Waals surface area contributed by atoms with Crippen LogP contribution in [-0.2, 0) is 42.3 Å². The molecule has 14 rings (SSSR count). The van der Waals surface area contributed by atoms with Crippen LogP contribution in [0.5, 0.6) is 0 Å². The van der Waals surface area contributed by atoms with Gasteiger partial charge in [0.05, 0.1) is 11.1 Å². The lowest BCUT2D eigenvalue weighted by Crippen LogP contribution is -2.39. The Morgan fingerprint density at radius 1 is 0.330 bits per heavy atom. The first-order valence-corrected chi connectivity index (χ1v) is 32.8. The van der Waals surface area contributed by atoms with Crippen LogP contribution in [0.2, 0.25) is 0 Å². The summed E-state index contributed by atoms with van der Waals surface area (Å²) < 4.78 is 13.2. The standard InChI is InChI=1S/2C23H22N2.C20H26N3.C18H22N3/c1-17-19-10-5-4-9-18(19)14-15-20(17)21-12-8-13-23(25(21)3)22-11-6-7-16-24(22)2;1-17-15-18-9-4-5-10-19(18)16-20(17)21-12-8-13-23(25(21)3)22-11-6-7-14-24(22)2;1-15(2)22-13-14-23(17(22)4)19-11-8-9-18(16(19)3)20-10-6-7-12-21(20)5;1-14-16(18-9-5-6-11-20(18)4)8-7-10-17(14)21-13-12-19(3)15(21)2/h2*4-16H,1-3H3;6-15,17H,1-5H3;5-13,15H,1-4H3/q2*+2;2*+1/t;;17-;15-/m..00/s1. The second-order valence-electron chi connectivity index (χ2n) is 25.3. The Kier molecular flexibility index (Phi) is 19.7. The van der Waals surface area contributed by atoms with Gasteiger partial charge in [0.25, 0.3) is 22.8 Å². The van der Waals surface area contributed by atoms with Gasteiger partial charge in [-0.3, -0.25) is 0 Å². The minimum absolute atomic E-state index is 0.341. The number of pyridine rings is 6. The predicted molar refractivity (Wildman–Crippen MR) is 386 cm³/mol. The number of anilines is 2. The summed E-state index contributed by atoms with van der Waals surface area (Å²) in [6.07, 6.45) is 17.7. The average Bonchev–Trinajstić information content (AvgIpc) is 0.946. The van der Waals surface area contributed by atoms with Crippen LogP contribution in [0.3, 0.4) is 0 Å². The van der Waals surface area contributed by atoms with Gasteiger partial charge in [-0.2, -0.15) is 18.3 Å². The summed E-state index contributed by atoms with van der Waals surface area (Å²) in [5, 5.41) is 5.17. The molecule has 6 aromatic carbocycles. The summed E-state index contributed by atoms with van der Waals surface area (Å²) in [5.74, 6) is 0. The molecule has 2 atom stereocenters. The lowest BCUT2D eigenvalue weighted by Gasteiger charge is -2.33. The van der Waals surface area contributed by atoms with E-state index >= 15 is 0 Å². The van der Waals surface area contributed by atoms with Gasteiger partial charge < -0.3 is 19.6 Å². The van der Waals surface area contributed by atoms with Crippen molar-refractivity contribution in [2.45, 2.75) is 73.8 Å². The van der Waals surface area contributed by atoms with Crippen LogP contribution < -0.4 is 37.2 Å². The van der Waals surface area contributed by atoms with Crippen molar-refractivity contribution in [2.75, 3.05) is 16.8 Å². The van der Waals surface area contributed by atoms with Gasteiger partial charge in [-0.05, 0) is 172 Å². The second kappa shape index (κ2) is 28.5. The molecular weight excluding hydrogens is 1150 g/mol. The van der Waals surface area contributed by atoms with Crippen LogP contribution in [0.4, 0.5) is 11.4 Å². The normalized spacial score (nSPS) is 14.0. The van der Waals surface area contributed by atoms with Gasteiger partial charge in [0.2, 0.25) is 22.8 Å². The summed E-state index contributed by atoms with van der Waals surface area (Å²) in [5.41, 5.74) is 22.6. The molecule has 472 valence electrons. The number of nitrogens with zero attached hydrogens (tertiary/aromatic N) is 10. The zero-order valence-corrected chi connectivity index (χ0v) is 57.6. The molecule has 0 unspecified atom stereocenters. The molecule has 0 radical (unpaired) electrons. The van der Waals surface area contributed by atoms with E-state index in [1.54, 1.807) is 0 Å². The van der Waals surface area contributed by atoms with E-state index in [1.165, 1.54) is 123 Å². The molecule has 6 aromatic heterocycles. The molecule has 8 heterocycles. The minimum atomic E-state index is 0.341. The maximum Gasteiger partial charge on any atom is 0.277 e. The van der Waals surface area contributed by atoms with Crippen molar-refractivity contribution >= 4 is 32.9 Å². The average molecular weight is 1240 g/mol. The Bertz CT molecular complexity index is 4670. The van der Waals surface area contributed by atoms with Crippen molar-refractivity contribution in [3.8, 4) is 67.8 Å². The molecule has 0 amide bonds. The van der Waals surface area contributed by atoms with E-state index in [-0.39, 0.29) is 0 Å². The third kappa shape index (κ3) is 13.4. The van der Waals surface area contributed by atoms with Gasteiger partial charge in [-0.1, -0.05) is 72.8 Å². The molecule has 12 aromatic rings. The maximum atomic E-state index is 2.38. The Morgan fingerprint density at radius 3 is 1.19 bits per heavy atom. The van der Waals surface area contributed by atoms with E-state index in [4.69, 9.17) is 0 Å². The van der Waals surface area contributed by atoms with Gasteiger partial charge >= 0.3 is 0 Å². The SMILES string of the molecule is Cc1c(-c2cccc(-c3cccc[n+]3C)[n+]2C)ccc2ccccc12.Cc1c(-c2cccc[n+]2C)cccc1N1C=CN(C(C)C)[C@@H]1C.Cc1c(-c2cccc[n+]2C)cccc1N1C=CN(C)[C@@H]1C.Cc1cc2ccccc2cc1-c1cccc(-c2cccc[n+]2C)[n+]1C. The van der Waals surface area contributed by atoms with Crippen LogP contribution in [0.25, 0.3) is 89.4 Å². The third-order valence-electron chi connectivity index (χ3n) is 19.1. The van der Waals surface area contributed by atoms with Gasteiger partial charge in [-0.15, -0.1) is 0 Å². The number of hydrogen-bond donors (Lipinski definition) is 0. The number of rotatable bonds is 9. The topological polar surface area (TPSA) is 36.2 Å². The lowest BCUT2D eigenvalue weighted by molar-refractivity contribution is -0.685. The Labute approximate surface area is 558 Å². The van der Waals surface area contributed by atoms with Crippen LogP contribution in [0.1, 0.15) is 49.9 Å². The fraction of sp³-hybridized carbons (Fsp3) is 0.214. The monoisotopic (exact) mass is 1240 g/mol. The summed E-state index contributed by atoms with van der Waals surface area (Å²) in [4.78, 5) is 9.28. The van der Waals surface area contributed by atoms with Crippen molar-refractivity contribution in [3.63, 3.8) is 0 Å². The quantitative estimate of drug-likeness (QED) is 0.135. The third-order valence-corrected chi connectivity index (χ3v) is 19.1. The second-order valence-corrected chi connectivity index (χ2v) is 25.3. The van der Waals surface area contributed by atoms with E-state index in [0.717, 1.165) is 0 Å². The number of fused-ring (bicyclic) bond motifs is 2. The molecule has 0 N–H and O–H groups in total. The lowest BCUT2D eigenvalue weighted by atomic mass is 9.97. The molecule has 10 nitrogen and oxygen atoms in total. The molecule has 0 saturated carbocycles. The van der Waals surface area contributed by atoms with Crippen molar-refractivity contribution in [3.05, 3.63) is 290 Å². The first kappa shape index (κ1) is 64.9. The van der Waals surface area contributed by atoms with Gasteiger partial charge in [-0.25, -0.2) is 9.13 Å². The largest absolute Gasteiger partial charge is 0.359 e. The molecule has 0 aliphatic carbocycles. The number of hydrogen-bond acceptors (Lipinski definition) is 4. The van der Waals surface area contributed by atoms with Crippen molar-refractivity contribution in [1.82, 2.24) is 9.80 Å². The summed E-state index contributed by atoms with van der Waals surface area (Å²) in [7, 11) is 14.8. The number of aryl methyl sites for hydroxylation is 6. The Balaban J connectivity index is 0.000000128. The molecule has 0 bridgehead atoms. The summed E-state index contributed by atoms with van der Waals surface area (Å²) in [6, 6.07) is 78.1. The van der Waals surface area contributed by atoms with E-state index in [2.05, 4.69) is 420 Å². The van der Waals surface area contributed by atoms with E-state index in [9.17, 15) is 0 Å². The maximum absolute atomic E-state index is 2.38. The highest BCUT2D eigenvalue weighted by molar-refractivity contribution is 5.91. The fourth-order valence-corrected chi connectivity index (χ4v) is 13.4. The van der Waals surface area contributed by atoms with Crippen LogP contribution in [0.15, 0.2) is 268 Å². The highest BCUT2D eigenvalue weighted by Crippen LogP contribution is 2.36. The summed E-state index contributed by atoms with van der Waals surface area (Å²) >= 11 is 0. The highest BCUT2D eigenvalue weighted by Gasteiger charge is 2.29. The minimum Gasteiger partial charge on any atom is -0.359 e. The zero-order valence-electron chi connectivity index (χ0n) is 57.6. The van der Waals surface area contributed by atoms with Crippen molar-refractivity contribution in [2.24, 2.45) is 42.3 Å². The first-order chi connectivity index (χ1) is 45.4. The van der Waals surface area contributed by atoms with Crippen LogP contribution >= 0.6 is 0 Å². The molecule has 0 spiro atoms.